The highest BCUT2D eigenvalue weighted by molar-refractivity contribution is 5.73. The van der Waals surface area contributed by atoms with E-state index in [1.165, 1.54) is 0 Å². The molecule has 0 amide bonds. The molecule has 0 atom stereocenters. The molecule has 1 saturated carbocycles. The minimum atomic E-state index is -4.51. The van der Waals surface area contributed by atoms with Gasteiger partial charge in [0.15, 0.2) is 5.76 Å². The van der Waals surface area contributed by atoms with Crippen LogP contribution in [0, 0.1) is 6.92 Å². The molecule has 0 heterocycles. The predicted molar refractivity (Wildman–Crippen MR) is 92.8 cm³/mol. The van der Waals surface area contributed by atoms with E-state index in [9.17, 15) is 18.0 Å². The Labute approximate surface area is 152 Å². The van der Waals surface area contributed by atoms with Gasteiger partial charge < -0.3 is 9.47 Å². The second kappa shape index (κ2) is 8.60. The number of ether oxygens (including phenoxy) is 2. The van der Waals surface area contributed by atoms with E-state index in [1.807, 2.05) is 25.1 Å². The fourth-order valence-electron chi connectivity index (χ4n) is 3.58. The standard InChI is InChI=1S/C20H25F3O3/c1-4-25-18(24)12-16-7-5-6-13(2)19(16)15-8-10-17(11-9-15)26-14(3)20(21,22)23/h5-7,15,17H,3-4,8-12H2,1-2H3. The molecule has 0 N–H and O–H groups in total. The van der Waals surface area contributed by atoms with Gasteiger partial charge in [-0.1, -0.05) is 24.8 Å². The molecule has 2 rings (SSSR count). The van der Waals surface area contributed by atoms with Gasteiger partial charge >= 0.3 is 12.1 Å². The number of hydrogen-bond acceptors (Lipinski definition) is 3. The van der Waals surface area contributed by atoms with E-state index in [-0.39, 0.29) is 18.3 Å². The van der Waals surface area contributed by atoms with Gasteiger partial charge in [0.25, 0.3) is 0 Å². The van der Waals surface area contributed by atoms with Crippen molar-refractivity contribution in [3.8, 4) is 0 Å². The number of esters is 1. The van der Waals surface area contributed by atoms with Gasteiger partial charge in [-0.25, -0.2) is 0 Å². The molecule has 0 saturated heterocycles. The number of hydrogen-bond donors (Lipinski definition) is 0. The first-order valence-corrected chi connectivity index (χ1v) is 8.89. The number of rotatable bonds is 6. The molecule has 3 nitrogen and oxygen atoms in total. The predicted octanol–water partition coefficient (Wildman–Crippen LogP) is 5.22. The van der Waals surface area contributed by atoms with Gasteiger partial charge in [-0.05, 0) is 62.1 Å². The van der Waals surface area contributed by atoms with E-state index in [4.69, 9.17) is 9.47 Å². The van der Waals surface area contributed by atoms with Crippen molar-refractivity contribution in [2.45, 2.75) is 64.1 Å². The topological polar surface area (TPSA) is 35.5 Å². The smallest absolute Gasteiger partial charge is 0.448 e. The lowest BCUT2D eigenvalue weighted by atomic mass is 9.78. The lowest BCUT2D eigenvalue weighted by molar-refractivity contribution is -0.142. The van der Waals surface area contributed by atoms with Crippen LogP contribution in [-0.2, 0) is 20.7 Å². The normalized spacial score (nSPS) is 20.5. The van der Waals surface area contributed by atoms with Crippen molar-refractivity contribution >= 4 is 5.97 Å². The quantitative estimate of drug-likeness (QED) is 0.509. The first kappa shape index (κ1) is 20.3. The summed E-state index contributed by atoms with van der Waals surface area (Å²) in [6, 6.07) is 5.83. The highest BCUT2D eigenvalue weighted by atomic mass is 19.4. The lowest BCUT2D eigenvalue weighted by Crippen LogP contribution is -2.25. The van der Waals surface area contributed by atoms with Gasteiger partial charge in [-0.15, -0.1) is 0 Å². The van der Waals surface area contributed by atoms with Crippen LogP contribution in [0.5, 0.6) is 0 Å². The number of allylic oxidation sites excluding steroid dienone is 1. The summed E-state index contributed by atoms with van der Waals surface area (Å²) in [4.78, 5) is 11.9. The molecule has 1 aromatic rings. The van der Waals surface area contributed by atoms with Gasteiger partial charge in [0, 0.05) is 0 Å². The third-order valence-corrected chi connectivity index (χ3v) is 4.76. The van der Waals surface area contributed by atoms with Crippen molar-refractivity contribution in [1.82, 2.24) is 0 Å². The van der Waals surface area contributed by atoms with Crippen LogP contribution < -0.4 is 0 Å². The summed E-state index contributed by atoms with van der Waals surface area (Å²) < 4.78 is 47.8. The van der Waals surface area contributed by atoms with Crippen molar-refractivity contribution in [1.29, 1.82) is 0 Å². The number of carbonyl (C=O) groups excluding carboxylic acids is 1. The first-order chi connectivity index (χ1) is 12.2. The monoisotopic (exact) mass is 370 g/mol. The average Bonchev–Trinajstić information content (AvgIpc) is 2.55. The Kier molecular flexibility index (Phi) is 6.73. The Morgan fingerprint density at radius 1 is 1.23 bits per heavy atom. The molecule has 1 aromatic carbocycles. The minimum absolute atomic E-state index is 0.208. The van der Waals surface area contributed by atoms with Crippen LogP contribution in [0.15, 0.2) is 30.5 Å². The summed E-state index contributed by atoms with van der Waals surface area (Å²) >= 11 is 0. The van der Waals surface area contributed by atoms with Gasteiger partial charge in [0.1, 0.15) is 0 Å². The zero-order chi connectivity index (χ0) is 19.3. The molecule has 0 unspecified atom stereocenters. The Bertz CT molecular complexity index is 644. The molecule has 1 aliphatic rings. The molecule has 0 radical (unpaired) electrons. The van der Waals surface area contributed by atoms with Gasteiger partial charge in [-0.3, -0.25) is 4.79 Å². The van der Waals surface area contributed by atoms with Crippen LogP contribution >= 0.6 is 0 Å². The Morgan fingerprint density at radius 2 is 1.88 bits per heavy atom. The summed E-state index contributed by atoms with van der Waals surface area (Å²) in [5.41, 5.74) is 3.15. The zero-order valence-electron chi connectivity index (χ0n) is 15.2. The summed E-state index contributed by atoms with van der Waals surface area (Å²) in [5.74, 6) is -1.18. The summed E-state index contributed by atoms with van der Waals surface area (Å²) in [6.45, 7) is 7.08. The summed E-state index contributed by atoms with van der Waals surface area (Å²) in [5, 5.41) is 0. The second-order valence-corrected chi connectivity index (χ2v) is 6.64. The van der Waals surface area contributed by atoms with Crippen molar-refractivity contribution < 1.29 is 27.4 Å². The van der Waals surface area contributed by atoms with Crippen LogP contribution in [-0.4, -0.2) is 24.9 Å². The van der Waals surface area contributed by atoms with Crippen LogP contribution in [0.2, 0.25) is 0 Å². The molecular formula is C20H25F3O3. The first-order valence-electron chi connectivity index (χ1n) is 8.89. The third-order valence-electron chi connectivity index (χ3n) is 4.76. The van der Waals surface area contributed by atoms with Crippen molar-refractivity contribution in [3.05, 3.63) is 47.2 Å². The molecule has 0 aliphatic heterocycles. The number of aryl methyl sites for hydroxylation is 1. The fraction of sp³-hybridized carbons (Fsp3) is 0.550. The maximum atomic E-state index is 12.6. The van der Waals surface area contributed by atoms with E-state index >= 15 is 0 Å². The molecule has 6 heteroatoms. The van der Waals surface area contributed by atoms with E-state index in [2.05, 4.69) is 6.58 Å². The zero-order valence-corrected chi connectivity index (χ0v) is 15.2. The van der Waals surface area contributed by atoms with E-state index in [0.29, 0.717) is 19.4 Å². The highest BCUT2D eigenvalue weighted by Gasteiger charge is 2.36. The van der Waals surface area contributed by atoms with Crippen molar-refractivity contribution in [3.63, 3.8) is 0 Å². The lowest BCUT2D eigenvalue weighted by Gasteiger charge is -2.31. The van der Waals surface area contributed by atoms with Gasteiger partial charge in [0.05, 0.1) is 19.1 Å². The number of alkyl halides is 3. The van der Waals surface area contributed by atoms with E-state index in [0.717, 1.165) is 29.5 Å². The molecule has 0 spiro atoms. The molecule has 0 bridgehead atoms. The van der Waals surface area contributed by atoms with Crippen molar-refractivity contribution in [2.75, 3.05) is 6.61 Å². The number of carbonyl (C=O) groups is 1. The Balaban J connectivity index is 2.05. The highest BCUT2D eigenvalue weighted by Crippen LogP contribution is 2.39. The van der Waals surface area contributed by atoms with Crippen molar-refractivity contribution in [2.24, 2.45) is 0 Å². The molecule has 144 valence electrons. The van der Waals surface area contributed by atoms with Gasteiger partial charge in [-0.2, -0.15) is 13.2 Å². The van der Waals surface area contributed by atoms with Crippen LogP contribution in [0.3, 0.4) is 0 Å². The minimum Gasteiger partial charge on any atom is -0.486 e. The Morgan fingerprint density at radius 3 is 2.46 bits per heavy atom. The SMILES string of the molecule is C=C(OC1CCC(c2c(C)cccc2CC(=O)OCC)CC1)C(F)(F)F. The molecule has 0 aromatic heterocycles. The van der Waals surface area contributed by atoms with Gasteiger partial charge in [0.2, 0.25) is 0 Å². The molecule has 1 fully saturated rings. The fourth-order valence-corrected chi connectivity index (χ4v) is 3.58. The maximum Gasteiger partial charge on any atom is 0.448 e. The third kappa shape index (κ3) is 5.26. The van der Waals surface area contributed by atoms with E-state index < -0.39 is 18.0 Å². The number of benzene rings is 1. The average molecular weight is 370 g/mol. The van der Waals surface area contributed by atoms with Crippen LogP contribution in [0.4, 0.5) is 13.2 Å². The molecular weight excluding hydrogens is 345 g/mol. The Hall–Kier alpha value is -1.98. The van der Waals surface area contributed by atoms with Crippen LogP contribution in [0.1, 0.15) is 55.2 Å². The van der Waals surface area contributed by atoms with Crippen LogP contribution in [0.25, 0.3) is 0 Å². The second-order valence-electron chi connectivity index (χ2n) is 6.64. The maximum absolute atomic E-state index is 12.6. The largest absolute Gasteiger partial charge is 0.486 e. The van der Waals surface area contributed by atoms with E-state index in [1.54, 1.807) is 6.92 Å². The summed E-state index contributed by atoms with van der Waals surface area (Å²) in [7, 11) is 0. The summed E-state index contributed by atoms with van der Waals surface area (Å²) in [6.07, 6.45) is -2.25. The number of halogens is 3. The molecule has 26 heavy (non-hydrogen) atoms. The molecule has 1 aliphatic carbocycles.